The topological polar surface area (TPSA) is 111 Å². The van der Waals surface area contributed by atoms with Crippen molar-refractivity contribution in [3.8, 4) is 17.1 Å². The molecular formula is C16H10ClN7O. The number of halogens is 1. The van der Waals surface area contributed by atoms with Gasteiger partial charge in [0.2, 0.25) is 5.95 Å². The molecule has 0 bridgehead atoms. The van der Waals surface area contributed by atoms with E-state index in [4.69, 9.17) is 21.8 Å². The summed E-state index contributed by atoms with van der Waals surface area (Å²) in [5.74, 6) is 0.648. The maximum atomic E-state index is 6.24. The fourth-order valence-electron chi connectivity index (χ4n) is 2.86. The van der Waals surface area contributed by atoms with Crippen LogP contribution in [-0.2, 0) is 0 Å². The second kappa shape index (κ2) is 5.05. The molecule has 0 aliphatic carbocycles. The number of rotatable bonds is 2. The van der Waals surface area contributed by atoms with Crippen molar-refractivity contribution in [1.82, 2.24) is 29.9 Å². The van der Waals surface area contributed by atoms with Gasteiger partial charge in [0.25, 0.3) is 0 Å². The summed E-state index contributed by atoms with van der Waals surface area (Å²) < 4.78 is 7.01. The van der Waals surface area contributed by atoms with E-state index in [-0.39, 0.29) is 5.95 Å². The van der Waals surface area contributed by atoms with Gasteiger partial charge in [-0.15, -0.1) is 5.10 Å². The number of fused-ring (bicyclic) bond motifs is 2. The first-order chi connectivity index (χ1) is 12.2. The van der Waals surface area contributed by atoms with Gasteiger partial charge in [0.15, 0.2) is 16.9 Å². The van der Waals surface area contributed by atoms with Crippen molar-refractivity contribution in [3.05, 3.63) is 47.8 Å². The third-order valence-electron chi connectivity index (χ3n) is 3.90. The minimum atomic E-state index is 0.104. The molecule has 4 aromatic heterocycles. The van der Waals surface area contributed by atoms with Crippen LogP contribution in [0.15, 0.2) is 47.2 Å². The minimum absolute atomic E-state index is 0.104. The Morgan fingerprint density at radius 1 is 1.20 bits per heavy atom. The predicted molar refractivity (Wildman–Crippen MR) is 93.4 cm³/mol. The van der Waals surface area contributed by atoms with Gasteiger partial charge >= 0.3 is 0 Å². The van der Waals surface area contributed by atoms with E-state index in [0.717, 1.165) is 16.6 Å². The van der Waals surface area contributed by atoms with Gasteiger partial charge in [-0.2, -0.15) is 9.67 Å². The summed E-state index contributed by atoms with van der Waals surface area (Å²) in [5, 5.41) is 10.0. The standard InChI is InChI=1S/C16H10ClN7O/c17-9-6-8-3-4-19-12(8)10(7-9)24-15-14(22-23-24)13(20-16(18)21-15)11-2-1-5-25-11/h1-7,19H,(H2,18,20,21). The van der Waals surface area contributed by atoms with Crippen LogP contribution in [0.4, 0.5) is 5.95 Å². The average molecular weight is 352 g/mol. The molecule has 9 heteroatoms. The lowest BCUT2D eigenvalue weighted by Crippen LogP contribution is -2.02. The molecule has 5 aromatic rings. The number of aromatic nitrogens is 6. The van der Waals surface area contributed by atoms with Crippen molar-refractivity contribution in [2.45, 2.75) is 0 Å². The molecule has 122 valence electrons. The number of nitrogen functional groups attached to an aromatic ring is 1. The van der Waals surface area contributed by atoms with Gasteiger partial charge in [-0.05, 0) is 30.3 Å². The number of anilines is 1. The molecule has 0 aliphatic rings. The number of furan rings is 1. The normalized spacial score (nSPS) is 11.6. The van der Waals surface area contributed by atoms with E-state index in [0.29, 0.717) is 27.6 Å². The maximum Gasteiger partial charge on any atom is 0.222 e. The summed E-state index contributed by atoms with van der Waals surface area (Å²) in [6.45, 7) is 0. The lowest BCUT2D eigenvalue weighted by molar-refractivity contribution is 0.580. The first kappa shape index (κ1) is 14.0. The Morgan fingerprint density at radius 2 is 2.12 bits per heavy atom. The largest absolute Gasteiger partial charge is 0.463 e. The highest BCUT2D eigenvalue weighted by Crippen LogP contribution is 2.30. The quantitative estimate of drug-likeness (QED) is 0.505. The van der Waals surface area contributed by atoms with Crippen LogP contribution in [0.5, 0.6) is 0 Å². The third kappa shape index (κ3) is 2.08. The number of hydrogen-bond donors (Lipinski definition) is 2. The number of nitrogens with one attached hydrogen (secondary N) is 1. The molecule has 3 N–H and O–H groups in total. The van der Waals surface area contributed by atoms with Gasteiger partial charge < -0.3 is 15.1 Å². The van der Waals surface area contributed by atoms with Crippen LogP contribution < -0.4 is 5.73 Å². The predicted octanol–water partition coefficient (Wildman–Crippen LogP) is 3.19. The maximum absolute atomic E-state index is 6.24. The zero-order valence-corrected chi connectivity index (χ0v) is 13.4. The van der Waals surface area contributed by atoms with Crippen molar-refractivity contribution >= 4 is 39.6 Å². The second-order valence-electron chi connectivity index (χ2n) is 5.45. The molecule has 0 unspecified atom stereocenters. The van der Waals surface area contributed by atoms with Gasteiger partial charge in [-0.3, -0.25) is 0 Å². The lowest BCUT2D eigenvalue weighted by atomic mass is 10.2. The fourth-order valence-corrected chi connectivity index (χ4v) is 3.08. The molecule has 0 amide bonds. The molecule has 0 radical (unpaired) electrons. The molecule has 4 heterocycles. The van der Waals surface area contributed by atoms with E-state index >= 15 is 0 Å². The Morgan fingerprint density at radius 3 is 2.96 bits per heavy atom. The number of H-pyrrole nitrogens is 1. The Balaban J connectivity index is 1.85. The number of aromatic amines is 1. The molecule has 5 rings (SSSR count). The second-order valence-corrected chi connectivity index (χ2v) is 5.88. The Hall–Kier alpha value is -3.39. The summed E-state index contributed by atoms with van der Waals surface area (Å²) >= 11 is 6.24. The Kier molecular flexibility index (Phi) is 2.83. The van der Waals surface area contributed by atoms with Crippen molar-refractivity contribution in [2.75, 3.05) is 5.73 Å². The lowest BCUT2D eigenvalue weighted by Gasteiger charge is -2.05. The van der Waals surface area contributed by atoms with Crippen LogP contribution in [0.25, 0.3) is 39.2 Å². The van der Waals surface area contributed by atoms with E-state index in [9.17, 15) is 0 Å². The van der Waals surface area contributed by atoms with E-state index < -0.39 is 0 Å². The van der Waals surface area contributed by atoms with Gasteiger partial charge in [0, 0.05) is 16.6 Å². The third-order valence-corrected chi connectivity index (χ3v) is 4.12. The highest BCUT2D eigenvalue weighted by atomic mass is 35.5. The van der Waals surface area contributed by atoms with E-state index in [1.165, 1.54) is 0 Å². The SMILES string of the molecule is Nc1nc(-c2ccco2)c2nnn(-c3cc(Cl)cc4cc[nH]c34)c2n1. The fraction of sp³-hybridized carbons (Fsp3) is 0. The smallest absolute Gasteiger partial charge is 0.222 e. The minimum Gasteiger partial charge on any atom is -0.463 e. The van der Waals surface area contributed by atoms with E-state index in [1.807, 2.05) is 18.3 Å². The Bertz CT molecular complexity index is 1220. The van der Waals surface area contributed by atoms with E-state index in [2.05, 4.69) is 25.3 Å². The molecule has 0 saturated heterocycles. The molecule has 0 fully saturated rings. The first-order valence-corrected chi connectivity index (χ1v) is 7.78. The molecular weight excluding hydrogens is 342 g/mol. The van der Waals surface area contributed by atoms with Crippen LogP contribution >= 0.6 is 11.6 Å². The first-order valence-electron chi connectivity index (χ1n) is 7.40. The highest BCUT2D eigenvalue weighted by Gasteiger charge is 2.19. The van der Waals surface area contributed by atoms with Gasteiger partial charge in [-0.1, -0.05) is 16.8 Å². The molecule has 0 saturated carbocycles. The van der Waals surface area contributed by atoms with Crippen LogP contribution in [0, 0.1) is 0 Å². The van der Waals surface area contributed by atoms with E-state index in [1.54, 1.807) is 29.1 Å². The van der Waals surface area contributed by atoms with Crippen molar-refractivity contribution in [2.24, 2.45) is 0 Å². The molecule has 1 aromatic carbocycles. The number of nitrogens with two attached hydrogens (primary N) is 1. The highest BCUT2D eigenvalue weighted by molar-refractivity contribution is 6.31. The molecule has 0 spiro atoms. The van der Waals surface area contributed by atoms with Crippen LogP contribution in [-0.4, -0.2) is 29.9 Å². The summed E-state index contributed by atoms with van der Waals surface area (Å²) in [7, 11) is 0. The molecule has 0 aliphatic heterocycles. The van der Waals surface area contributed by atoms with Crippen LogP contribution in [0.2, 0.25) is 5.02 Å². The number of nitrogens with zero attached hydrogens (tertiary/aromatic N) is 5. The van der Waals surface area contributed by atoms with Gasteiger partial charge in [0.05, 0.1) is 17.5 Å². The zero-order valence-electron chi connectivity index (χ0n) is 12.6. The average Bonchev–Trinajstić information content (AvgIpc) is 3.33. The van der Waals surface area contributed by atoms with Crippen molar-refractivity contribution in [1.29, 1.82) is 0 Å². The number of hydrogen-bond acceptors (Lipinski definition) is 6. The summed E-state index contributed by atoms with van der Waals surface area (Å²) in [4.78, 5) is 11.7. The van der Waals surface area contributed by atoms with Crippen molar-refractivity contribution in [3.63, 3.8) is 0 Å². The molecule has 25 heavy (non-hydrogen) atoms. The molecule has 0 atom stereocenters. The number of benzene rings is 1. The van der Waals surface area contributed by atoms with Crippen LogP contribution in [0.3, 0.4) is 0 Å². The van der Waals surface area contributed by atoms with Crippen LogP contribution in [0.1, 0.15) is 0 Å². The van der Waals surface area contributed by atoms with Crippen molar-refractivity contribution < 1.29 is 4.42 Å². The summed E-state index contributed by atoms with van der Waals surface area (Å²) in [6, 6.07) is 9.14. The van der Waals surface area contributed by atoms with Gasteiger partial charge in [-0.25, -0.2) is 4.98 Å². The summed E-state index contributed by atoms with van der Waals surface area (Å²) in [6.07, 6.45) is 3.39. The monoisotopic (exact) mass is 351 g/mol. The molecule has 8 nitrogen and oxygen atoms in total. The zero-order chi connectivity index (χ0) is 17.0. The summed E-state index contributed by atoms with van der Waals surface area (Å²) in [5.41, 5.74) is 8.93. The van der Waals surface area contributed by atoms with Gasteiger partial charge in [0.1, 0.15) is 5.69 Å². The Labute approximate surface area is 145 Å².